The van der Waals surface area contributed by atoms with E-state index in [9.17, 15) is 32.4 Å². The van der Waals surface area contributed by atoms with Crippen LogP contribution in [0, 0.1) is 26.7 Å². The van der Waals surface area contributed by atoms with Crippen molar-refractivity contribution in [1.82, 2.24) is 25.2 Å². The van der Waals surface area contributed by atoms with Crippen molar-refractivity contribution >= 4 is 45.6 Å². The normalized spacial score (nSPS) is 22.9. The van der Waals surface area contributed by atoms with Crippen molar-refractivity contribution in [3.05, 3.63) is 45.5 Å². The summed E-state index contributed by atoms with van der Waals surface area (Å²) in [6.07, 6.45) is 1.76. The number of aliphatic imine (C=N–C) groups is 1. The van der Waals surface area contributed by atoms with Crippen molar-refractivity contribution in [3.8, 4) is 17.2 Å². The van der Waals surface area contributed by atoms with Crippen LogP contribution in [0.15, 0.2) is 22.0 Å². The Bertz CT molecular complexity index is 2500. The van der Waals surface area contributed by atoms with Gasteiger partial charge in [0.25, 0.3) is 10.0 Å². The average molecular weight is 950 g/mol. The first-order valence-electron chi connectivity index (χ1n) is 23.3. The van der Waals surface area contributed by atoms with E-state index in [2.05, 4.69) is 32.3 Å². The van der Waals surface area contributed by atoms with Crippen molar-refractivity contribution in [3.63, 3.8) is 0 Å². The van der Waals surface area contributed by atoms with Gasteiger partial charge < -0.3 is 45.1 Å². The highest BCUT2D eigenvalue weighted by molar-refractivity contribution is 7.90. The highest BCUT2D eigenvalue weighted by Gasteiger charge is 2.65. The summed E-state index contributed by atoms with van der Waals surface area (Å²) in [7, 11) is -2.01. The molecular weight excluding hydrogens is 883 g/mol. The van der Waals surface area contributed by atoms with Gasteiger partial charge in [0.05, 0.1) is 4.90 Å². The van der Waals surface area contributed by atoms with Crippen molar-refractivity contribution in [2.75, 3.05) is 39.8 Å². The summed E-state index contributed by atoms with van der Waals surface area (Å²) in [6.45, 7) is 17.1. The third-order valence-electron chi connectivity index (χ3n) is 14.0. The van der Waals surface area contributed by atoms with Crippen LogP contribution in [0.25, 0.3) is 0 Å². The Morgan fingerprint density at radius 1 is 1.09 bits per heavy atom. The highest BCUT2D eigenvalue weighted by Crippen LogP contribution is 2.63. The van der Waals surface area contributed by atoms with E-state index in [4.69, 9.17) is 24.7 Å². The van der Waals surface area contributed by atoms with Gasteiger partial charge in [-0.15, -0.1) is 0 Å². The van der Waals surface area contributed by atoms with Crippen molar-refractivity contribution < 1.29 is 51.3 Å². The highest BCUT2D eigenvalue weighted by atomic mass is 32.2. The van der Waals surface area contributed by atoms with E-state index in [1.54, 1.807) is 47.6 Å². The molecule has 2 aliphatic carbocycles. The number of sulfonamides is 1. The molecule has 1 unspecified atom stereocenters. The summed E-state index contributed by atoms with van der Waals surface area (Å²) >= 11 is 0. The van der Waals surface area contributed by atoms with Gasteiger partial charge in [-0.2, -0.15) is 0 Å². The fraction of sp³-hybridized carbons (Fsp3) is 0.625. The third kappa shape index (κ3) is 9.81. The summed E-state index contributed by atoms with van der Waals surface area (Å²) in [5.41, 5.74) is 9.15. The predicted molar refractivity (Wildman–Crippen MR) is 249 cm³/mol. The molecule has 1 spiro atoms. The molecule has 1 saturated heterocycles. The van der Waals surface area contributed by atoms with Crippen LogP contribution >= 0.6 is 0 Å². The van der Waals surface area contributed by atoms with E-state index < -0.39 is 69.1 Å². The molecule has 5 aliphatic rings. The maximum absolute atomic E-state index is 13.7. The Hall–Kier alpha value is -5.43. The van der Waals surface area contributed by atoms with Crippen LogP contribution in [0.1, 0.15) is 113 Å². The van der Waals surface area contributed by atoms with Crippen LogP contribution in [-0.2, 0) is 52.2 Å². The van der Waals surface area contributed by atoms with Gasteiger partial charge in [0.1, 0.15) is 29.4 Å². The Labute approximate surface area is 393 Å². The zero-order valence-electron chi connectivity index (χ0n) is 40.5. The number of hydrogen-bond donors (Lipinski definition) is 4. The van der Waals surface area contributed by atoms with Gasteiger partial charge in [-0.25, -0.2) is 17.9 Å². The van der Waals surface area contributed by atoms with E-state index in [1.165, 1.54) is 4.90 Å². The van der Waals surface area contributed by atoms with E-state index in [-0.39, 0.29) is 67.3 Å². The number of piperidine rings is 1. The molecule has 1 saturated carbocycles. The smallest absolute Gasteiger partial charge is 0.415 e. The minimum atomic E-state index is -4.15. The van der Waals surface area contributed by atoms with Gasteiger partial charge in [0.15, 0.2) is 23.4 Å². The lowest BCUT2D eigenvalue weighted by Gasteiger charge is -2.57. The number of nitrogens with zero attached hydrogens (tertiary/aromatic N) is 3. The number of benzene rings is 2. The number of rotatable bonds is 15. The number of carbonyl (C=O) groups excluding carboxylic acids is 5. The van der Waals surface area contributed by atoms with Gasteiger partial charge in [-0.05, 0) is 142 Å². The van der Waals surface area contributed by atoms with Gasteiger partial charge in [0, 0.05) is 61.6 Å². The molecule has 5 N–H and O–H groups in total. The van der Waals surface area contributed by atoms with Crippen molar-refractivity contribution in [2.24, 2.45) is 16.6 Å². The molecule has 0 aromatic heterocycles. The minimum absolute atomic E-state index is 0.0124. The number of carbonyl (C=O) groups is 5. The maximum atomic E-state index is 13.7. The molecule has 7 rings (SSSR count). The van der Waals surface area contributed by atoms with Gasteiger partial charge in [-0.3, -0.25) is 24.2 Å². The van der Waals surface area contributed by atoms with E-state index in [0.29, 0.717) is 41.5 Å². The SMILES string of the molecule is CCN(CCNC(=O)[C@H](CCCN=C(N)NS(=O)(=O)c1c(C)c(C)c2c(c1C)CC(C)(C)O2)NC(=O)CC(=O)OC(C)(C)C)C(=O)Oc1ccc2c3c1O[C@H]1C(=O)CCC4[C@@H](C2)N(C)CC[C@@]341. The Balaban J connectivity index is 0.980. The number of nitrogens with two attached hydrogens (primary N) is 1. The minimum Gasteiger partial charge on any atom is -0.487 e. The summed E-state index contributed by atoms with van der Waals surface area (Å²) in [5, 5.41) is 5.39. The monoisotopic (exact) mass is 949 g/mol. The van der Waals surface area contributed by atoms with Gasteiger partial charge in [0.2, 0.25) is 17.8 Å². The summed E-state index contributed by atoms with van der Waals surface area (Å²) in [5.74, 6) is -0.672. The fourth-order valence-corrected chi connectivity index (χ4v) is 12.5. The number of fused-ring (bicyclic) bond motifs is 1. The number of Topliss-reactive ketones (excluding diaryl/α,β-unsaturated/α-hetero) is 1. The molecule has 18 nitrogen and oxygen atoms in total. The molecule has 2 aromatic rings. The van der Waals surface area contributed by atoms with Gasteiger partial charge in [-0.1, -0.05) is 6.07 Å². The van der Waals surface area contributed by atoms with E-state index >= 15 is 0 Å². The maximum Gasteiger partial charge on any atom is 0.415 e. The molecule has 3 amide bonds. The quantitative estimate of drug-likeness (QED) is 0.0655. The molecule has 2 fully saturated rings. The lowest BCUT2D eigenvalue weighted by atomic mass is 9.52. The number of amides is 3. The molecule has 3 heterocycles. The molecular formula is C48H67N7O11S. The number of likely N-dealkylation sites (tertiary alicyclic amines) is 1. The standard InChI is InChI=1S/C48H67N7O11S/c1-11-55(45(60)63-35-17-14-29-23-33-31-15-16-34(56)42-48(31,18-21-54(33)10)38(29)40(35)64-42)22-20-50-43(59)32(52-36(57)24-37(58)65-46(5,6)7)13-12-19-51-44(49)53-67(61,62)41-27(3)26(2)39-30(28(41)4)25-47(8,9)66-39/h14,17,31-33,42H,11-13,15-16,18-25H2,1-10H3,(H,50,59)(H,52,57)(H3,49,51,53)/t31?,32-,33+,42-,48-/m0/s1. The largest absolute Gasteiger partial charge is 0.487 e. The number of nitrogens with one attached hydrogen (secondary N) is 3. The zero-order valence-corrected chi connectivity index (χ0v) is 41.3. The predicted octanol–water partition coefficient (Wildman–Crippen LogP) is 3.79. The van der Waals surface area contributed by atoms with Crippen LogP contribution in [0.4, 0.5) is 4.79 Å². The molecule has 67 heavy (non-hydrogen) atoms. The molecule has 5 atom stereocenters. The molecule has 3 aliphatic heterocycles. The fourth-order valence-electron chi connectivity index (χ4n) is 11.0. The number of likely N-dealkylation sites (N-methyl/N-ethyl adjacent to an activating group) is 2. The van der Waals surface area contributed by atoms with Crippen LogP contribution < -0.4 is 35.3 Å². The number of ether oxygens (including phenoxy) is 4. The first-order valence-corrected chi connectivity index (χ1v) is 24.8. The summed E-state index contributed by atoms with van der Waals surface area (Å²) in [4.78, 5) is 74.4. The lowest BCUT2D eigenvalue weighted by molar-refractivity contribution is -0.156. The molecule has 0 radical (unpaired) electrons. The molecule has 2 aromatic carbocycles. The van der Waals surface area contributed by atoms with Crippen LogP contribution in [0.2, 0.25) is 0 Å². The van der Waals surface area contributed by atoms with Crippen LogP contribution in [0.5, 0.6) is 17.2 Å². The number of ketones is 1. The van der Waals surface area contributed by atoms with Gasteiger partial charge >= 0.3 is 12.1 Å². The second kappa shape index (κ2) is 18.6. The Kier molecular flexibility index (Phi) is 13.7. The number of guanidine groups is 1. The molecule has 19 heteroatoms. The zero-order chi connectivity index (χ0) is 49.0. The second-order valence-corrected chi connectivity index (χ2v) is 21.9. The van der Waals surface area contributed by atoms with Crippen molar-refractivity contribution in [2.45, 2.75) is 153 Å². The van der Waals surface area contributed by atoms with Crippen LogP contribution in [-0.4, -0.2) is 123 Å². The third-order valence-corrected chi connectivity index (χ3v) is 15.6. The van der Waals surface area contributed by atoms with Crippen molar-refractivity contribution in [1.29, 1.82) is 0 Å². The Morgan fingerprint density at radius 2 is 1.82 bits per heavy atom. The van der Waals surface area contributed by atoms with Crippen LogP contribution in [0.3, 0.4) is 0 Å². The summed E-state index contributed by atoms with van der Waals surface area (Å²) in [6, 6.07) is 2.90. The molecule has 366 valence electrons. The second-order valence-electron chi connectivity index (χ2n) is 20.3. The molecule has 2 bridgehead atoms. The number of hydrogen-bond acceptors (Lipinski definition) is 13. The first-order chi connectivity index (χ1) is 31.4. The first kappa shape index (κ1) is 49.5. The Morgan fingerprint density at radius 3 is 2.52 bits per heavy atom. The topological polar surface area (TPSA) is 237 Å². The average Bonchev–Trinajstić information content (AvgIpc) is 3.76. The lowest BCUT2D eigenvalue weighted by Crippen LogP contribution is -2.65. The summed E-state index contributed by atoms with van der Waals surface area (Å²) < 4.78 is 53.7. The van der Waals surface area contributed by atoms with E-state index in [0.717, 1.165) is 48.1 Å². The number of esters is 1. The van der Waals surface area contributed by atoms with E-state index in [1.807, 2.05) is 26.8 Å².